The fourth-order valence-corrected chi connectivity index (χ4v) is 3.27. The van der Waals surface area contributed by atoms with E-state index in [1.54, 1.807) is 0 Å². The molecule has 2 saturated heterocycles. The van der Waals surface area contributed by atoms with E-state index in [9.17, 15) is 4.79 Å². The second-order valence-corrected chi connectivity index (χ2v) is 6.71. The average Bonchev–Trinajstić information content (AvgIpc) is 2.99. The molecule has 6 nitrogen and oxygen atoms in total. The van der Waals surface area contributed by atoms with Gasteiger partial charge in [-0.1, -0.05) is 27.5 Å². The molecule has 2 fully saturated rings. The van der Waals surface area contributed by atoms with Crippen LogP contribution in [0.25, 0.3) is 0 Å². The molecule has 2 aliphatic rings. The number of amides is 1. The number of morpholine rings is 1. The number of nitrogens with one attached hydrogen (secondary N) is 4. The van der Waals surface area contributed by atoms with Gasteiger partial charge in [0.25, 0.3) is 0 Å². The molecule has 0 bridgehead atoms. The lowest BCUT2D eigenvalue weighted by molar-refractivity contribution is -0.126. The van der Waals surface area contributed by atoms with Gasteiger partial charge in [-0.2, -0.15) is 0 Å². The highest BCUT2D eigenvalue weighted by Crippen LogP contribution is 2.30. The van der Waals surface area contributed by atoms with Crippen molar-refractivity contribution in [1.29, 1.82) is 0 Å². The van der Waals surface area contributed by atoms with Crippen molar-refractivity contribution in [3.63, 3.8) is 0 Å². The Morgan fingerprint density at radius 2 is 2.27 bits per heavy atom. The first-order valence-electron chi connectivity index (χ1n) is 7.21. The molecule has 3 unspecified atom stereocenters. The zero-order valence-corrected chi connectivity index (χ0v) is 14.2. The molecule has 0 aliphatic carbocycles. The topological polar surface area (TPSA) is 74.4 Å². The molecule has 0 saturated carbocycles. The number of ether oxygens (including phenoxy) is 1. The minimum Gasteiger partial charge on any atom is -0.378 e. The van der Waals surface area contributed by atoms with Gasteiger partial charge in [0.15, 0.2) is 0 Å². The van der Waals surface area contributed by atoms with Crippen LogP contribution in [0.1, 0.15) is 18.0 Å². The number of hydrazine groups is 1. The summed E-state index contributed by atoms with van der Waals surface area (Å²) in [6.07, 6.45) is 0.575. The van der Waals surface area contributed by atoms with Gasteiger partial charge in [0.1, 0.15) is 6.04 Å². The van der Waals surface area contributed by atoms with Crippen LogP contribution < -0.4 is 21.5 Å². The number of halogens is 2. The van der Waals surface area contributed by atoms with Crippen molar-refractivity contribution >= 4 is 33.4 Å². The van der Waals surface area contributed by atoms with Crippen LogP contribution in [0.5, 0.6) is 0 Å². The van der Waals surface area contributed by atoms with Crippen LogP contribution in [0.2, 0.25) is 5.02 Å². The number of benzene rings is 1. The normalized spacial score (nSPS) is 28.5. The maximum Gasteiger partial charge on any atom is 0.240 e. The summed E-state index contributed by atoms with van der Waals surface area (Å²) in [4.78, 5) is 12.2. The Hall–Kier alpha value is -0.700. The van der Waals surface area contributed by atoms with Crippen molar-refractivity contribution in [2.45, 2.75) is 24.7 Å². The largest absolute Gasteiger partial charge is 0.378 e. The van der Waals surface area contributed by atoms with Crippen molar-refractivity contribution in [1.82, 2.24) is 21.5 Å². The van der Waals surface area contributed by atoms with Crippen LogP contribution >= 0.6 is 27.5 Å². The fraction of sp³-hybridized carbons (Fsp3) is 0.500. The van der Waals surface area contributed by atoms with Crippen LogP contribution in [0.15, 0.2) is 22.7 Å². The zero-order valence-electron chi connectivity index (χ0n) is 11.9. The maximum absolute atomic E-state index is 12.2. The van der Waals surface area contributed by atoms with Gasteiger partial charge in [-0.3, -0.25) is 4.79 Å². The molecule has 3 rings (SSSR count). The molecule has 3 atom stereocenters. The molecule has 4 N–H and O–H groups in total. The third kappa shape index (κ3) is 3.79. The molecule has 2 aliphatic heterocycles. The highest BCUT2D eigenvalue weighted by atomic mass is 79.9. The Kier molecular flexibility index (Phi) is 5.33. The van der Waals surface area contributed by atoms with E-state index in [2.05, 4.69) is 37.4 Å². The highest BCUT2D eigenvalue weighted by molar-refractivity contribution is 9.10. The second kappa shape index (κ2) is 7.25. The first kappa shape index (κ1) is 16.2. The summed E-state index contributed by atoms with van der Waals surface area (Å²) in [5.41, 5.74) is 7.27. The molecule has 0 spiro atoms. The van der Waals surface area contributed by atoms with Gasteiger partial charge < -0.3 is 15.4 Å². The van der Waals surface area contributed by atoms with E-state index in [1.807, 2.05) is 18.2 Å². The lowest BCUT2D eigenvalue weighted by Crippen LogP contribution is -2.55. The second-order valence-electron chi connectivity index (χ2n) is 5.39. The minimum atomic E-state index is -0.288. The first-order valence-corrected chi connectivity index (χ1v) is 8.38. The Morgan fingerprint density at radius 1 is 1.41 bits per heavy atom. The first-order chi connectivity index (χ1) is 10.6. The van der Waals surface area contributed by atoms with Gasteiger partial charge in [0, 0.05) is 22.5 Å². The summed E-state index contributed by atoms with van der Waals surface area (Å²) in [6.45, 7) is 1.76. The predicted octanol–water partition coefficient (Wildman–Crippen LogP) is 1.07. The number of hydrogen-bond acceptors (Lipinski definition) is 5. The van der Waals surface area contributed by atoms with Gasteiger partial charge in [0.2, 0.25) is 5.91 Å². The summed E-state index contributed by atoms with van der Waals surface area (Å²) in [5.74, 6) is -0.0556. The number of hydrogen-bond donors (Lipinski definition) is 4. The summed E-state index contributed by atoms with van der Waals surface area (Å²) in [7, 11) is 0. The van der Waals surface area contributed by atoms with Crippen LogP contribution in [0.4, 0.5) is 0 Å². The van der Waals surface area contributed by atoms with E-state index in [1.165, 1.54) is 0 Å². The van der Waals surface area contributed by atoms with Gasteiger partial charge in [-0.25, -0.2) is 10.9 Å². The molecule has 22 heavy (non-hydrogen) atoms. The van der Waals surface area contributed by atoms with Crippen molar-refractivity contribution in [2.24, 2.45) is 0 Å². The highest BCUT2D eigenvalue weighted by Gasteiger charge is 2.30. The summed E-state index contributed by atoms with van der Waals surface area (Å²) >= 11 is 9.70. The monoisotopic (exact) mass is 388 g/mol. The van der Waals surface area contributed by atoms with Crippen molar-refractivity contribution in [2.75, 3.05) is 19.8 Å². The summed E-state index contributed by atoms with van der Waals surface area (Å²) in [6, 6.07) is 5.51. The van der Waals surface area contributed by atoms with Crippen molar-refractivity contribution < 1.29 is 9.53 Å². The smallest absolute Gasteiger partial charge is 0.240 e. The van der Waals surface area contributed by atoms with Gasteiger partial charge in [-0.15, -0.1) is 0 Å². The Bertz CT molecular complexity index is 554. The summed E-state index contributed by atoms with van der Waals surface area (Å²) in [5, 5.41) is 6.82. The SMILES string of the molecule is O=C(NC1CC(c2cc(Br)ccc2Cl)NN1)C1COCCN1. The Morgan fingerprint density at radius 3 is 3.05 bits per heavy atom. The number of carbonyl (C=O) groups is 1. The molecule has 120 valence electrons. The predicted molar refractivity (Wildman–Crippen MR) is 87.3 cm³/mol. The molecule has 8 heteroatoms. The lowest BCUT2D eigenvalue weighted by atomic mass is 10.0. The Labute approximate surface area is 142 Å². The van der Waals surface area contributed by atoms with Gasteiger partial charge in [0.05, 0.1) is 25.4 Å². The van der Waals surface area contributed by atoms with E-state index in [0.29, 0.717) is 24.8 Å². The molecule has 0 aromatic heterocycles. The minimum absolute atomic E-state index is 0.0471. The van der Waals surface area contributed by atoms with E-state index >= 15 is 0 Å². The van der Waals surface area contributed by atoms with E-state index in [0.717, 1.165) is 16.5 Å². The van der Waals surface area contributed by atoms with E-state index < -0.39 is 0 Å². The summed E-state index contributed by atoms with van der Waals surface area (Å²) < 4.78 is 6.28. The third-order valence-electron chi connectivity index (χ3n) is 3.79. The maximum atomic E-state index is 12.2. The van der Waals surface area contributed by atoms with Crippen LogP contribution in [0.3, 0.4) is 0 Å². The molecule has 2 heterocycles. The molecule has 1 amide bonds. The van der Waals surface area contributed by atoms with Gasteiger partial charge >= 0.3 is 0 Å². The standard InChI is InChI=1S/C14H18BrClN4O2/c15-8-1-2-10(16)9(5-8)11-6-13(20-19-11)18-14(21)12-7-22-4-3-17-12/h1-2,5,11-13,17,19-20H,3-4,6-7H2,(H,18,21). The lowest BCUT2D eigenvalue weighted by Gasteiger charge is -2.24. The number of carbonyl (C=O) groups excluding carboxylic acids is 1. The quantitative estimate of drug-likeness (QED) is 0.622. The van der Waals surface area contributed by atoms with Crippen LogP contribution in [-0.4, -0.2) is 37.9 Å². The molecule has 1 aromatic carbocycles. The van der Waals surface area contributed by atoms with E-state index in [4.69, 9.17) is 16.3 Å². The van der Waals surface area contributed by atoms with Crippen LogP contribution in [-0.2, 0) is 9.53 Å². The third-order valence-corrected chi connectivity index (χ3v) is 4.63. The van der Waals surface area contributed by atoms with Crippen molar-refractivity contribution in [3.05, 3.63) is 33.3 Å². The molecule has 0 radical (unpaired) electrons. The molecular formula is C14H18BrClN4O2. The molecule has 1 aromatic rings. The van der Waals surface area contributed by atoms with Gasteiger partial charge in [-0.05, 0) is 23.8 Å². The van der Waals surface area contributed by atoms with Crippen LogP contribution in [0, 0.1) is 0 Å². The Balaban J connectivity index is 1.58. The molecular weight excluding hydrogens is 372 g/mol. The zero-order chi connectivity index (χ0) is 15.5. The average molecular weight is 390 g/mol. The van der Waals surface area contributed by atoms with Crippen molar-refractivity contribution in [3.8, 4) is 0 Å². The number of rotatable bonds is 3. The van der Waals surface area contributed by atoms with E-state index in [-0.39, 0.29) is 24.2 Å². The fourth-order valence-electron chi connectivity index (χ4n) is 2.64.